The van der Waals surface area contributed by atoms with Crippen LogP contribution in [0.1, 0.15) is 18.9 Å². The van der Waals surface area contributed by atoms with E-state index in [1.807, 2.05) is 12.1 Å². The average Bonchev–Trinajstić information content (AvgIpc) is 2.49. The number of ether oxygens (including phenoxy) is 1. The molecule has 118 valence electrons. The lowest BCUT2D eigenvalue weighted by molar-refractivity contribution is 0.217. The smallest absolute Gasteiger partial charge is 0.316 e. The summed E-state index contributed by atoms with van der Waals surface area (Å²) in [6, 6.07) is 8.55. The Bertz CT molecular complexity index is 418. The molecule has 0 bridgehead atoms. The fourth-order valence-corrected chi connectivity index (χ4v) is 1.92. The molecule has 0 aromatic heterocycles. The first-order valence-corrected chi connectivity index (χ1v) is 7.34. The number of rotatable bonds is 8. The van der Waals surface area contributed by atoms with E-state index in [1.165, 1.54) is 10.5 Å². The molecule has 5 nitrogen and oxygen atoms in total. The van der Waals surface area contributed by atoms with Gasteiger partial charge in [0.25, 0.3) is 0 Å². The maximum absolute atomic E-state index is 11.3. The number of carbonyl (C=O) groups is 1. The van der Waals surface area contributed by atoms with Gasteiger partial charge in [0.1, 0.15) is 5.75 Å². The van der Waals surface area contributed by atoms with Crippen molar-refractivity contribution in [1.82, 2.24) is 15.5 Å². The summed E-state index contributed by atoms with van der Waals surface area (Å²) in [4.78, 5) is 12.9. The number of nitrogens with one attached hydrogen (secondary N) is 2. The maximum Gasteiger partial charge on any atom is 0.316 e. The van der Waals surface area contributed by atoms with E-state index in [1.54, 1.807) is 21.2 Å². The lowest BCUT2D eigenvalue weighted by Crippen LogP contribution is -2.40. The van der Waals surface area contributed by atoms with Gasteiger partial charge in [0.15, 0.2) is 0 Å². The first-order valence-electron chi connectivity index (χ1n) is 7.34. The third kappa shape index (κ3) is 6.99. The van der Waals surface area contributed by atoms with Crippen molar-refractivity contribution in [3.8, 4) is 5.75 Å². The van der Waals surface area contributed by atoms with Crippen molar-refractivity contribution in [3.63, 3.8) is 0 Å². The fourth-order valence-electron chi connectivity index (χ4n) is 1.92. The van der Waals surface area contributed by atoms with Crippen LogP contribution in [0.15, 0.2) is 24.3 Å². The zero-order valence-corrected chi connectivity index (χ0v) is 13.5. The number of nitrogens with zero attached hydrogens (tertiary/aromatic N) is 1. The number of carbonyl (C=O) groups excluding carboxylic acids is 1. The van der Waals surface area contributed by atoms with Crippen LogP contribution in [-0.2, 0) is 6.42 Å². The van der Waals surface area contributed by atoms with E-state index in [-0.39, 0.29) is 6.03 Å². The van der Waals surface area contributed by atoms with E-state index in [0.29, 0.717) is 12.6 Å². The number of hydrogen-bond acceptors (Lipinski definition) is 3. The van der Waals surface area contributed by atoms with Crippen LogP contribution in [0.4, 0.5) is 4.79 Å². The highest BCUT2D eigenvalue weighted by atomic mass is 16.5. The molecule has 0 heterocycles. The second kappa shape index (κ2) is 9.23. The molecule has 0 radical (unpaired) electrons. The SMILES string of the molecule is COc1ccc(CCC(C)NCCNC(=O)N(C)C)cc1. The van der Waals surface area contributed by atoms with Gasteiger partial charge in [-0.3, -0.25) is 0 Å². The van der Waals surface area contributed by atoms with Crippen molar-refractivity contribution in [2.75, 3.05) is 34.3 Å². The Labute approximate surface area is 127 Å². The van der Waals surface area contributed by atoms with Gasteiger partial charge in [-0.2, -0.15) is 0 Å². The number of benzene rings is 1. The number of amides is 2. The third-order valence-corrected chi connectivity index (χ3v) is 3.33. The molecule has 5 heteroatoms. The van der Waals surface area contributed by atoms with Crippen LogP contribution in [-0.4, -0.2) is 51.3 Å². The van der Waals surface area contributed by atoms with Gasteiger partial charge in [-0.1, -0.05) is 12.1 Å². The first kappa shape index (κ1) is 17.3. The van der Waals surface area contributed by atoms with E-state index in [0.717, 1.165) is 25.1 Å². The topological polar surface area (TPSA) is 53.6 Å². The van der Waals surface area contributed by atoms with Crippen molar-refractivity contribution in [2.24, 2.45) is 0 Å². The standard InChI is InChI=1S/C16H27N3O2/c1-13(17-11-12-18-16(20)19(2)3)5-6-14-7-9-15(21-4)10-8-14/h7-10,13,17H,5-6,11-12H2,1-4H3,(H,18,20). The predicted molar refractivity (Wildman–Crippen MR) is 85.9 cm³/mol. The lowest BCUT2D eigenvalue weighted by Gasteiger charge is -2.16. The minimum atomic E-state index is -0.0531. The molecular weight excluding hydrogens is 266 g/mol. The molecule has 0 saturated heterocycles. The van der Waals surface area contributed by atoms with Gasteiger partial charge in [-0.25, -0.2) is 4.79 Å². The molecule has 0 aliphatic heterocycles. The van der Waals surface area contributed by atoms with Crippen LogP contribution in [0.5, 0.6) is 5.75 Å². The summed E-state index contributed by atoms with van der Waals surface area (Å²) in [5, 5.41) is 6.25. The van der Waals surface area contributed by atoms with Gasteiger partial charge in [0, 0.05) is 33.2 Å². The molecule has 21 heavy (non-hydrogen) atoms. The van der Waals surface area contributed by atoms with Gasteiger partial charge >= 0.3 is 6.03 Å². The Balaban J connectivity index is 2.15. The van der Waals surface area contributed by atoms with E-state index in [4.69, 9.17) is 4.74 Å². The van der Waals surface area contributed by atoms with E-state index in [9.17, 15) is 4.79 Å². The minimum Gasteiger partial charge on any atom is -0.497 e. The second-order valence-electron chi connectivity index (χ2n) is 5.37. The van der Waals surface area contributed by atoms with Crippen LogP contribution in [0.2, 0.25) is 0 Å². The number of hydrogen-bond donors (Lipinski definition) is 2. The van der Waals surface area contributed by atoms with Crippen LogP contribution < -0.4 is 15.4 Å². The van der Waals surface area contributed by atoms with Crippen LogP contribution in [0, 0.1) is 0 Å². The summed E-state index contributed by atoms with van der Waals surface area (Å²) >= 11 is 0. The molecule has 1 aromatic rings. The molecule has 0 aliphatic carbocycles. The van der Waals surface area contributed by atoms with Crippen molar-refractivity contribution in [2.45, 2.75) is 25.8 Å². The van der Waals surface area contributed by atoms with Gasteiger partial charge in [0.05, 0.1) is 7.11 Å². The highest BCUT2D eigenvalue weighted by molar-refractivity contribution is 5.73. The van der Waals surface area contributed by atoms with Gasteiger partial charge in [-0.05, 0) is 37.5 Å². The quantitative estimate of drug-likeness (QED) is 0.720. The van der Waals surface area contributed by atoms with Gasteiger partial charge in [0.2, 0.25) is 0 Å². The van der Waals surface area contributed by atoms with Crippen molar-refractivity contribution in [3.05, 3.63) is 29.8 Å². The summed E-state index contributed by atoms with van der Waals surface area (Å²) in [5.74, 6) is 0.890. The second-order valence-corrected chi connectivity index (χ2v) is 5.37. The van der Waals surface area contributed by atoms with E-state index < -0.39 is 0 Å². The minimum absolute atomic E-state index is 0.0531. The van der Waals surface area contributed by atoms with Gasteiger partial charge in [-0.15, -0.1) is 0 Å². The molecular formula is C16H27N3O2. The van der Waals surface area contributed by atoms with Crippen molar-refractivity contribution in [1.29, 1.82) is 0 Å². The lowest BCUT2D eigenvalue weighted by atomic mass is 10.1. The molecule has 1 atom stereocenters. The normalized spacial score (nSPS) is 11.8. The summed E-state index contributed by atoms with van der Waals surface area (Å²) in [5.41, 5.74) is 1.31. The molecule has 2 N–H and O–H groups in total. The Morgan fingerprint density at radius 3 is 2.48 bits per heavy atom. The fraction of sp³-hybridized carbons (Fsp3) is 0.562. The van der Waals surface area contributed by atoms with Gasteiger partial charge < -0.3 is 20.3 Å². The molecule has 0 saturated carbocycles. The number of urea groups is 1. The van der Waals surface area contributed by atoms with Crippen LogP contribution in [0.3, 0.4) is 0 Å². The Morgan fingerprint density at radius 2 is 1.90 bits per heavy atom. The Hall–Kier alpha value is -1.75. The van der Waals surface area contributed by atoms with Crippen molar-refractivity contribution >= 4 is 6.03 Å². The molecule has 1 unspecified atom stereocenters. The highest BCUT2D eigenvalue weighted by Gasteiger charge is 2.04. The number of aryl methyl sites for hydroxylation is 1. The van der Waals surface area contributed by atoms with Crippen LogP contribution in [0.25, 0.3) is 0 Å². The predicted octanol–water partition coefficient (Wildman–Crippen LogP) is 1.88. The Morgan fingerprint density at radius 1 is 1.24 bits per heavy atom. The monoisotopic (exact) mass is 293 g/mol. The summed E-state index contributed by atoms with van der Waals surface area (Å²) in [6.45, 7) is 3.59. The zero-order chi connectivity index (χ0) is 15.7. The highest BCUT2D eigenvalue weighted by Crippen LogP contribution is 2.13. The zero-order valence-electron chi connectivity index (χ0n) is 13.5. The van der Waals surface area contributed by atoms with E-state index >= 15 is 0 Å². The molecule has 0 aliphatic rings. The molecule has 2 amide bonds. The summed E-state index contributed by atoms with van der Waals surface area (Å²) in [6.07, 6.45) is 2.09. The molecule has 0 spiro atoms. The Kier molecular flexibility index (Phi) is 7.61. The summed E-state index contributed by atoms with van der Waals surface area (Å²) < 4.78 is 5.15. The molecule has 1 aromatic carbocycles. The maximum atomic E-state index is 11.3. The largest absolute Gasteiger partial charge is 0.497 e. The van der Waals surface area contributed by atoms with E-state index in [2.05, 4.69) is 29.7 Å². The van der Waals surface area contributed by atoms with Crippen molar-refractivity contribution < 1.29 is 9.53 Å². The number of methoxy groups -OCH3 is 1. The van der Waals surface area contributed by atoms with Crippen LogP contribution >= 0.6 is 0 Å². The first-order chi connectivity index (χ1) is 10.0. The average molecular weight is 293 g/mol. The molecule has 0 fully saturated rings. The molecule has 1 rings (SSSR count). The summed E-state index contributed by atoms with van der Waals surface area (Å²) in [7, 11) is 5.15. The third-order valence-electron chi connectivity index (χ3n) is 3.33.